The number of nitrogens with zero attached hydrogens (tertiary/aromatic N) is 1. The minimum atomic E-state index is -2.21. The van der Waals surface area contributed by atoms with Crippen molar-refractivity contribution in [2.24, 2.45) is 0 Å². The fourth-order valence-corrected chi connectivity index (χ4v) is 3.15. The average Bonchev–Trinajstić information content (AvgIpc) is 2.59. The summed E-state index contributed by atoms with van der Waals surface area (Å²) in [4.78, 5) is 16.5. The van der Waals surface area contributed by atoms with Gasteiger partial charge in [0.2, 0.25) is 5.67 Å². The summed E-state index contributed by atoms with van der Waals surface area (Å²) in [6.07, 6.45) is 0.662. The summed E-state index contributed by atoms with van der Waals surface area (Å²) in [6, 6.07) is 7.99. The molecule has 0 saturated carbocycles. The zero-order valence-electron chi connectivity index (χ0n) is 12.6. The van der Waals surface area contributed by atoms with Crippen LogP contribution in [0, 0.1) is 0 Å². The Hall–Kier alpha value is -1.69. The summed E-state index contributed by atoms with van der Waals surface area (Å²) >= 11 is 11.8. The van der Waals surface area contributed by atoms with Gasteiger partial charge in [0.05, 0.1) is 21.8 Å². The maximum atomic E-state index is 15.4. The SMILES string of the molecule is O=C(NCc1ccc(Cl)c(Cl)c1)C1(F)CCC(O)c2ncccc21. The maximum absolute atomic E-state index is 15.4. The smallest absolute Gasteiger partial charge is 0.262 e. The molecule has 1 amide bonds. The quantitative estimate of drug-likeness (QED) is 0.868. The van der Waals surface area contributed by atoms with Crippen LogP contribution in [-0.2, 0) is 17.0 Å². The minimum absolute atomic E-state index is 0.0972. The molecule has 0 fully saturated rings. The Labute approximate surface area is 148 Å². The first-order chi connectivity index (χ1) is 11.4. The van der Waals surface area contributed by atoms with E-state index in [4.69, 9.17) is 23.2 Å². The number of alkyl halides is 1. The third-order valence-electron chi connectivity index (χ3n) is 4.14. The second kappa shape index (κ2) is 6.67. The van der Waals surface area contributed by atoms with E-state index in [0.717, 1.165) is 0 Å². The summed E-state index contributed by atoms with van der Waals surface area (Å²) in [5.41, 5.74) is -1.16. The van der Waals surface area contributed by atoms with Gasteiger partial charge in [-0.05, 0) is 36.6 Å². The number of halogens is 3. The standard InChI is InChI=1S/C17H15Cl2FN2O2/c18-12-4-3-10(8-13(12)19)9-22-16(24)17(20)6-5-14(23)15-11(17)2-1-7-21-15/h1-4,7-8,14,23H,5-6,9H2,(H,22,24). The van der Waals surface area contributed by atoms with Crippen molar-refractivity contribution >= 4 is 29.1 Å². The number of aliphatic hydroxyl groups is 1. The third-order valence-corrected chi connectivity index (χ3v) is 4.88. The van der Waals surface area contributed by atoms with E-state index in [1.807, 2.05) is 0 Å². The van der Waals surface area contributed by atoms with Gasteiger partial charge in [-0.2, -0.15) is 0 Å². The minimum Gasteiger partial charge on any atom is -0.387 e. The van der Waals surface area contributed by atoms with Gasteiger partial charge < -0.3 is 10.4 Å². The van der Waals surface area contributed by atoms with Crippen molar-refractivity contribution in [1.82, 2.24) is 10.3 Å². The summed E-state index contributed by atoms with van der Waals surface area (Å²) in [6.45, 7) is 0.125. The van der Waals surface area contributed by atoms with E-state index in [1.165, 1.54) is 12.3 Å². The zero-order valence-corrected chi connectivity index (χ0v) is 14.1. The van der Waals surface area contributed by atoms with Gasteiger partial charge in [0.1, 0.15) is 0 Å². The number of hydrogen-bond acceptors (Lipinski definition) is 3. The van der Waals surface area contributed by atoms with Crippen molar-refractivity contribution in [2.45, 2.75) is 31.2 Å². The van der Waals surface area contributed by atoms with E-state index in [-0.39, 0.29) is 30.6 Å². The molecule has 0 radical (unpaired) electrons. The maximum Gasteiger partial charge on any atom is 0.262 e. The summed E-state index contributed by atoms with van der Waals surface area (Å²) in [7, 11) is 0. The van der Waals surface area contributed by atoms with Crippen molar-refractivity contribution in [2.75, 3.05) is 0 Å². The van der Waals surface area contributed by atoms with Crippen molar-refractivity contribution in [3.63, 3.8) is 0 Å². The number of nitrogens with one attached hydrogen (secondary N) is 1. The Morgan fingerprint density at radius 3 is 2.92 bits per heavy atom. The van der Waals surface area contributed by atoms with Crippen LogP contribution in [0.3, 0.4) is 0 Å². The Morgan fingerprint density at radius 2 is 2.17 bits per heavy atom. The molecule has 1 heterocycles. The molecule has 2 unspecified atom stereocenters. The molecular formula is C17H15Cl2FN2O2. The highest BCUT2D eigenvalue weighted by Crippen LogP contribution is 2.42. The number of carbonyl (C=O) groups excluding carboxylic acids is 1. The Kier molecular flexibility index (Phi) is 4.76. The number of fused-ring (bicyclic) bond motifs is 1. The van der Waals surface area contributed by atoms with Gasteiger partial charge in [0.15, 0.2) is 0 Å². The van der Waals surface area contributed by atoms with Gasteiger partial charge in [-0.15, -0.1) is 0 Å². The molecule has 24 heavy (non-hydrogen) atoms. The number of pyridine rings is 1. The molecule has 0 bridgehead atoms. The van der Waals surface area contributed by atoms with Crippen LogP contribution in [0.4, 0.5) is 4.39 Å². The topological polar surface area (TPSA) is 62.2 Å². The Bertz CT molecular complexity index is 787. The second-order valence-corrected chi connectivity index (χ2v) is 6.54. The molecular weight excluding hydrogens is 354 g/mol. The number of benzene rings is 1. The lowest BCUT2D eigenvalue weighted by Crippen LogP contribution is -2.44. The number of aliphatic hydroxyl groups excluding tert-OH is 1. The van der Waals surface area contributed by atoms with Crippen LogP contribution in [0.2, 0.25) is 10.0 Å². The van der Waals surface area contributed by atoms with Crippen molar-refractivity contribution in [3.05, 3.63) is 63.4 Å². The lowest BCUT2D eigenvalue weighted by Gasteiger charge is -2.32. The molecule has 2 aromatic rings. The Balaban J connectivity index is 1.79. The van der Waals surface area contributed by atoms with Gasteiger partial charge in [-0.1, -0.05) is 35.3 Å². The van der Waals surface area contributed by atoms with Gasteiger partial charge in [-0.3, -0.25) is 9.78 Å². The zero-order chi connectivity index (χ0) is 17.3. The molecule has 2 N–H and O–H groups in total. The van der Waals surface area contributed by atoms with E-state index < -0.39 is 17.7 Å². The van der Waals surface area contributed by atoms with Gasteiger partial charge in [0, 0.05) is 18.3 Å². The monoisotopic (exact) mass is 368 g/mol. The molecule has 1 aromatic carbocycles. The van der Waals surface area contributed by atoms with Crippen LogP contribution >= 0.6 is 23.2 Å². The Morgan fingerprint density at radius 1 is 1.38 bits per heavy atom. The predicted octanol–water partition coefficient (Wildman–Crippen LogP) is 3.70. The first-order valence-electron chi connectivity index (χ1n) is 7.46. The van der Waals surface area contributed by atoms with Crippen LogP contribution in [0.15, 0.2) is 36.5 Å². The van der Waals surface area contributed by atoms with Crippen molar-refractivity contribution in [1.29, 1.82) is 0 Å². The highest BCUT2D eigenvalue weighted by molar-refractivity contribution is 6.42. The van der Waals surface area contributed by atoms with Gasteiger partial charge in [-0.25, -0.2) is 4.39 Å². The molecule has 126 valence electrons. The van der Waals surface area contributed by atoms with Crippen LogP contribution in [0.5, 0.6) is 0 Å². The molecule has 0 spiro atoms. The van der Waals surface area contributed by atoms with E-state index in [2.05, 4.69) is 10.3 Å². The fraction of sp³-hybridized carbons (Fsp3) is 0.294. The largest absolute Gasteiger partial charge is 0.387 e. The number of rotatable bonds is 3. The lowest BCUT2D eigenvalue weighted by atomic mass is 9.81. The van der Waals surface area contributed by atoms with E-state index in [9.17, 15) is 9.90 Å². The first-order valence-corrected chi connectivity index (χ1v) is 8.22. The number of hydrogen-bond donors (Lipinski definition) is 2. The summed E-state index contributed by atoms with van der Waals surface area (Å²) < 4.78 is 15.4. The van der Waals surface area contributed by atoms with Crippen LogP contribution in [0.1, 0.15) is 35.8 Å². The van der Waals surface area contributed by atoms with Crippen LogP contribution < -0.4 is 5.32 Å². The third kappa shape index (κ3) is 3.11. The highest BCUT2D eigenvalue weighted by atomic mass is 35.5. The van der Waals surface area contributed by atoms with E-state index >= 15 is 4.39 Å². The first kappa shape index (κ1) is 17.1. The number of amides is 1. The molecule has 4 nitrogen and oxygen atoms in total. The van der Waals surface area contributed by atoms with Crippen LogP contribution in [-0.4, -0.2) is 16.0 Å². The van der Waals surface area contributed by atoms with Gasteiger partial charge >= 0.3 is 0 Å². The van der Waals surface area contributed by atoms with E-state index in [1.54, 1.807) is 24.3 Å². The van der Waals surface area contributed by atoms with Crippen molar-refractivity contribution in [3.8, 4) is 0 Å². The summed E-state index contributed by atoms with van der Waals surface area (Å²) in [5, 5.41) is 13.3. The number of aromatic nitrogens is 1. The highest BCUT2D eigenvalue weighted by Gasteiger charge is 2.46. The molecule has 2 atom stereocenters. The van der Waals surface area contributed by atoms with Gasteiger partial charge in [0.25, 0.3) is 5.91 Å². The number of carbonyl (C=O) groups is 1. The molecule has 1 aliphatic rings. The normalized spacial score (nSPS) is 22.8. The molecule has 1 aliphatic carbocycles. The lowest BCUT2D eigenvalue weighted by molar-refractivity contribution is -0.135. The van der Waals surface area contributed by atoms with Crippen LogP contribution in [0.25, 0.3) is 0 Å². The van der Waals surface area contributed by atoms with Crippen molar-refractivity contribution < 1.29 is 14.3 Å². The molecule has 3 rings (SSSR count). The molecule has 1 aromatic heterocycles. The predicted molar refractivity (Wildman–Crippen MR) is 89.5 cm³/mol. The average molecular weight is 369 g/mol. The molecule has 7 heteroatoms. The second-order valence-electron chi connectivity index (χ2n) is 5.72. The fourth-order valence-electron chi connectivity index (χ4n) is 2.83. The molecule has 0 saturated heterocycles. The molecule has 0 aliphatic heterocycles. The van der Waals surface area contributed by atoms with E-state index in [0.29, 0.717) is 15.6 Å². The summed E-state index contributed by atoms with van der Waals surface area (Å²) in [5.74, 6) is -0.755.